The Bertz CT molecular complexity index is 291. The Morgan fingerprint density at radius 3 is 2.67 bits per heavy atom. The van der Waals surface area contributed by atoms with E-state index in [0.29, 0.717) is 37.0 Å². The number of amides is 1. The molecule has 0 radical (unpaired) electrons. The first-order valence-electron chi connectivity index (χ1n) is 7.41. The quantitative estimate of drug-likeness (QED) is 0.797. The van der Waals surface area contributed by atoms with Crippen LogP contribution in [0.25, 0.3) is 0 Å². The second kappa shape index (κ2) is 6.02. The summed E-state index contributed by atoms with van der Waals surface area (Å²) in [6.45, 7) is 7.45. The Kier molecular flexibility index (Phi) is 4.62. The molecule has 4 heteroatoms. The molecule has 1 heterocycles. The monoisotopic (exact) mass is 253 g/mol. The molecular formula is C14H27N3O. The fraction of sp³-hybridized carbons (Fsp3) is 0.929. The van der Waals surface area contributed by atoms with Crippen LogP contribution in [0.3, 0.4) is 0 Å². The van der Waals surface area contributed by atoms with Crippen molar-refractivity contribution >= 4 is 5.91 Å². The first-order chi connectivity index (χ1) is 8.67. The van der Waals surface area contributed by atoms with E-state index in [2.05, 4.69) is 18.7 Å². The van der Waals surface area contributed by atoms with E-state index >= 15 is 0 Å². The highest BCUT2D eigenvalue weighted by molar-refractivity contribution is 5.79. The van der Waals surface area contributed by atoms with Gasteiger partial charge in [-0.05, 0) is 45.1 Å². The third-order valence-corrected chi connectivity index (χ3v) is 4.46. The van der Waals surface area contributed by atoms with Crippen LogP contribution in [0.1, 0.15) is 39.5 Å². The molecule has 104 valence electrons. The summed E-state index contributed by atoms with van der Waals surface area (Å²) in [5.41, 5.74) is 5.87. The van der Waals surface area contributed by atoms with Gasteiger partial charge in [-0.15, -0.1) is 0 Å². The summed E-state index contributed by atoms with van der Waals surface area (Å²) in [6, 6.07) is 0.918. The summed E-state index contributed by atoms with van der Waals surface area (Å²) in [7, 11) is 0. The molecule has 2 fully saturated rings. The predicted molar refractivity (Wildman–Crippen MR) is 73.2 cm³/mol. The number of likely N-dealkylation sites (N-methyl/N-ethyl adjacent to an activating group) is 1. The van der Waals surface area contributed by atoms with Crippen LogP contribution in [0.5, 0.6) is 0 Å². The van der Waals surface area contributed by atoms with Gasteiger partial charge in [0.15, 0.2) is 0 Å². The van der Waals surface area contributed by atoms with Gasteiger partial charge in [0.2, 0.25) is 5.91 Å². The minimum Gasteiger partial charge on any atom is -0.339 e. The van der Waals surface area contributed by atoms with Crippen molar-refractivity contribution in [2.75, 3.05) is 26.2 Å². The van der Waals surface area contributed by atoms with Crippen molar-refractivity contribution < 1.29 is 4.79 Å². The van der Waals surface area contributed by atoms with Crippen molar-refractivity contribution in [2.45, 2.75) is 51.6 Å². The third kappa shape index (κ3) is 3.04. The molecular weight excluding hydrogens is 226 g/mol. The number of hydrogen-bond donors (Lipinski definition) is 1. The molecule has 2 unspecified atom stereocenters. The van der Waals surface area contributed by atoms with E-state index in [4.69, 9.17) is 5.73 Å². The largest absolute Gasteiger partial charge is 0.339 e. The summed E-state index contributed by atoms with van der Waals surface area (Å²) in [4.78, 5) is 16.7. The molecule has 2 atom stereocenters. The second-order valence-electron chi connectivity index (χ2n) is 5.80. The van der Waals surface area contributed by atoms with Gasteiger partial charge in [0.25, 0.3) is 0 Å². The molecule has 1 saturated heterocycles. The Labute approximate surface area is 110 Å². The van der Waals surface area contributed by atoms with Gasteiger partial charge in [-0.3, -0.25) is 9.69 Å². The van der Waals surface area contributed by atoms with Gasteiger partial charge in [-0.25, -0.2) is 0 Å². The number of carbonyl (C=O) groups excluding carboxylic acids is 1. The highest BCUT2D eigenvalue weighted by Crippen LogP contribution is 2.27. The molecule has 18 heavy (non-hydrogen) atoms. The maximum atomic E-state index is 12.3. The van der Waals surface area contributed by atoms with Crippen molar-refractivity contribution in [3.05, 3.63) is 0 Å². The standard InChI is InChI=1S/C14H27N3O/c1-3-17(12-6-7-12)14(18)10-16-8-4-5-11(2)13(16)9-15/h11-13H,3-10,15H2,1-2H3. The minimum absolute atomic E-state index is 0.299. The fourth-order valence-electron chi connectivity index (χ4n) is 3.20. The topological polar surface area (TPSA) is 49.6 Å². The molecule has 0 aromatic rings. The zero-order chi connectivity index (χ0) is 13.1. The van der Waals surface area contributed by atoms with Gasteiger partial charge in [0.05, 0.1) is 6.54 Å². The van der Waals surface area contributed by atoms with E-state index in [0.717, 1.165) is 13.1 Å². The van der Waals surface area contributed by atoms with Crippen LogP contribution < -0.4 is 5.73 Å². The molecule has 0 aromatic carbocycles. The third-order valence-electron chi connectivity index (χ3n) is 4.46. The minimum atomic E-state index is 0.299. The summed E-state index contributed by atoms with van der Waals surface area (Å²) in [6.07, 6.45) is 4.82. The molecule has 2 aliphatic rings. The van der Waals surface area contributed by atoms with Crippen LogP contribution in [0.15, 0.2) is 0 Å². The summed E-state index contributed by atoms with van der Waals surface area (Å²) in [5, 5.41) is 0. The molecule has 4 nitrogen and oxygen atoms in total. The molecule has 2 rings (SSSR count). The Morgan fingerprint density at radius 2 is 2.11 bits per heavy atom. The summed E-state index contributed by atoms with van der Waals surface area (Å²) in [5.74, 6) is 0.917. The Hall–Kier alpha value is -0.610. The number of likely N-dealkylation sites (tertiary alicyclic amines) is 1. The van der Waals surface area contributed by atoms with Gasteiger partial charge in [-0.1, -0.05) is 6.92 Å². The highest BCUT2D eigenvalue weighted by Gasteiger charge is 2.34. The predicted octanol–water partition coefficient (Wildman–Crippen LogP) is 1.06. The average Bonchev–Trinajstić information content (AvgIpc) is 3.15. The average molecular weight is 253 g/mol. The molecule has 1 aliphatic heterocycles. The molecule has 0 bridgehead atoms. The highest BCUT2D eigenvalue weighted by atomic mass is 16.2. The van der Waals surface area contributed by atoms with E-state index in [-0.39, 0.29) is 0 Å². The lowest BCUT2D eigenvalue weighted by molar-refractivity contribution is -0.134. The van der Waals surface area contributed by atoms with E-state index in [1.165, 1.54) is 25.7 Å². The van der Waals surface area contributed by atoms with E-state index in [9.17, 15) is 4.79 Å². The number of rotatable bonds is 5. The fourth-order valence-corrected chi connectivity index (χ4v) is 3.20. The number of hydrogen-bond acceptors (Lipinski definition) is 3. The molecule has 1 amide bonds. The maximum Gasteiger partial charge on any atom is 0.236 e. The molecule has 2 N–H and O–H groups in total. The van der Waals surface area contributed by atoms with Gasteiger partial charge in [-0.2, -0.15) is 0 Å². The second-order valence-corrected chi connectivity index (χ2v) is 5.80. The van der Waals surface area contributed by atoms with Crippen molar-refractivity contribution in [1.29, 1.82) is 0 Å². The van der Waals surface area contributed by atoms with Gasteiger partial charge >= 0.3 is 0 Å². The zero-order valence-corrected chi connectivity index (χ0v) is 11.8. The zero-order valence-electron chi connectivity index (χ0n) is 11.8. The number of nitrogens with zero attached hydrogens (tertiary/aromatic N) is 2. The van der Waals surface area contributed by atoms with Crippen molar-refractivity contribution in [3.63, 3.8) is 0 Å². The molecule has 1 aliphatic carbocycles. The van der Waals surface area contributed by atoms with E-state index in [1.54, 1.807) is 0 Å². The van der Waals surface area contributed by atoms with E-state index in [1.807, 2.05) is 4.90 Å². The SMILES string of the molecule is CCN(C(=O)CN1CCCC(C)C1CN)C1CC1. The van der Waals surface area contributed by atoms with Crippen molar-refractivity contribution in [1.82, 2.24) is 9.80 Å². The maximum absolute atomic E-state index is 12.3. The van der Waals surface area contributed by atoms with E-state index < -0.39 is 0 Å². The van der Waals surface area contributed by atoms with Crippen LogP contribution >= 0.6 is 0 Å². The Morgan fingerprint density at radius 1 is 1.39 bits per heavy atom. The number of nitrogens with two attached hydrogens (primary N) is 1. The van der Waals surface area contributed by atoms with Gasteiger partial charge in [0.1, 0.15) is 0 Å². The van der Waals surface area contributed by atoms with Crippen molar-refractivity contribution in [2.24, 2.45) is 11.7 Å². The number of carbonyl (C=O) groups is 1. The van der Waals surface area contributed by atoms with Crippen LogP contribution in [0.4, 0.5) is 0 Å². The van der Waals surface area contributed by atoms with Gasteiger partial charge in [0, 0.05) is 25.2 Å². The molecule has 0 spiro atoms. The normalized spacial score (nSPS) is 29.3. The number of piperidine rings is 1. The lowest BCUT2D eigenvalue weighted by Gasteiger charge is -2.39. The lowest BCUT2D eigenvalue weighted by atomic mass is 9.91. The van der Waals surface area contributed by atoms with Crippen molar-refractivity contribution in [3.8, 4) is 0 Å². The summed E-state index contributed by atoms with van der Waals surface area (Å²) >= 11 is 0. The first kappa shape index (κ1) is 13.8. The van der Waals surface area contributed by atoms with Crippen LogP contribution in [0, 0.1) is 5.92 Å². The molecule has 1 saturated carbocycles. The summed E-state index contributed by atoms with van der Waals surface area (Å²) < 4.78 is 0. The molecule has 0 aromatic heterocycles. The smallest absolute Gasteiger partial charge is 0.236 e. The van der Waals surface area contributed by atoms with Gasteiger partial charge < -0.3 is 10.6 Å². The lowest BCUT2D eigenvalue weighted by Crippen LogP contribution is -2.52. The Balaban J connectivity index is 1.92. The first-order valence-corrected chi connectivity index (χ1v) is 7.41. The van der Waals surface area contributed by atoms with Crippen LogP contribution in [0.2, 0.25) is 0 Å². The van der Waals surface area contributed by atoms with Crippen LogP contribution in [-0.4, -0.2) is 54.0 Å². The van der Waals surface area contributed by atoms with Crippen LogP contribution in [-0.2, 0) is 4.79 Å².